The number of hydrogen-bond acceptors (Lipinski definition) is 5. The molecule has 1 saturated heterocycles. The predicted octanol–water partition coefficient (Wildman–Crippen LogP) is 3.05. The number of hydrogen-bond donors (Lipinski definition) is 1. The first-order valence-corrected chi connectivity index (χ1v) is 9.77. The number of carbonyl (C=O) groups is 2. The van der Waals surface area contributed by atoms with Crippen LogP contribution in [-0.2, 0) is 11.0 Å². The zero-order chi connectivity index (χ0) is 22.6. The third-order valence-electron chi connectivity index (χ3n) is 4.74. The third kappa shape index (κ3) is 5.86. The van der Waals surface area contributed by atoms with E-state index in [0.29, 0.717) is 13.1 Å². The molecule has 166 valence electrons. The van der Waals surface area contributed by atoms with E-state index in [4.69, 9.17) is 16.3 Å². The van der Waals surface area contributed by atoms with E-state index < -0.39 is 17.6 Å². The maximum atomic E-state index is 12.8. The van der Waals surface area contributed by atoms with Gasteiger partial charge in [-0.2, -0.15) is 13.2 Å². The van der Waals surface area contributed by atoms with E-state index in [1.807, 2.05) is 7.05 Å². The zero-order valence-electron chi connectivity index (χ0n) is 16.6. The molecular weight excluding hydrogens is 437 g/mol. The molecule has 0 atom stereocenters. The molecule has 2 amide bonds. The summed E-state index contributed by atoms with van der Waals surface area (Å²) in [5.74, 6) is -1.04. The molecule has 2 heterocycles. The topological polar surface area (TPSA) is 74.8 Å². The summed E-state index contributed by atoms with van der Waals surface area (Å²) in [4.78, 5) is 32.6. The van der Waals surface area contributed by atoms with Gasteiger partial charge < -0.3 is 19.9 Å². The number of benzene rings is 1. The van der Waals surface area contributed by atoms with E-state index in [-0.39, 0.29) is 34.7 Å². The number of piperazine rings is 1. The Bertz CT molecular complexity index is 963. The van der Waals surface area contributed by atoms with Gasteiger partial charge in [-0.3, -0.25) is 9.59 Å². The van der Waals surface area contributed by atoms with Gasteiger partial charge in [0.15, 0.2) is 0 Å². The van der Waals surface area contributed by atoms with Crippen LogP contribution in [0.3, 0.4) is 0 Å². The van der Waals surface area contributed by atoms with Gasteiger partial charge in [0.2, 0.25) is 11.8 Å². The first-order valence-electron chi connectivity index (χ1n) is 9.39. The second kappa shape index (κ2) is 9.52. The largest absolute Gasteiger partial charge is 0.437 e. The molecule has 0 radical (unpaired) electrons. The molecule has 7 nitrogen and oxygen atoms in total. The van der Waals surface area contributed by atoms with Crippen molar-refractivity contribution in [2.45, 2.75) is 6.18 Å². The average molecular weight is 457 g/mol. The number of likely N-dealkylation sites (N-methyl/N-ethyl adjacent to an activating group) is 1. The van der Waals surface area contributed by atoms with Crippen molar-refractivity contribution < 1.29 is 27.5 Å². The summed E-state index contributed by atoms with van der Waals surface area (Å²) in [6.45, 7) is 2.48. The molecule has 1 aliphatic rings. The molecule has 3 rings (SSSR count). The van der Waals surface area contributed by atoms with Gasteiger partial charge in [-0.1, -0.05) is 11.6 Å². The summed E-state index contributed by atoms with van der Waals surface area (Å²) in [6.07, 6.45) is -3.19. The third-order valence-corrected chi connectivity index (χ3v) is 5.03. The number of alkyl halides is 3. The van der Waals surface area contributed by atoms with Gasteiger partial charge in [-0.15, -0.1) is 0 Å². The van der Waals surface area contributed by atoms with E-state index in [0.717, 1.165) is 31.3 Å². The number of rotatable bonds is 5. The highest BCUT2D eigenvalue weighted by molar-refractivity contribution is 6.32. The maximum Gasteiger partial charge on any atom is 0.416 e. The fourth-order valence-corrected chi connectivity index (χ4v) is 3.15. The predicted molar refractivity (Wildman–Crippen MR) is 107 cm³/mol. The van der Waals surface area contributed by atoms with Crippen LogP contribution in [0.15, 0.2) is 36.5 Å². The molecule has 31 heavy (non-hydrogen) atoms. The van der Waals surface area contributed by atoms with E-state index in [1.165, 1.54) is 18.3 Å². The summed E-state index contributed by atoms with van der Waals surface area (Å²) < 4.78 is 43.9. The number of nitrogens with one attached hydrogen (secondary N) is 1. The lowest BCUT2D eigenvalue weighted by atomic mass is 10.2. The normalized spacial score (nSPS) is 14.9. The molecule has 0 aliphatic carbocycles. The van der Waals surface area contributed by atoms with Crippen molar-refractivity contribution in [3.05, 3.63) is 52.7 Å². The van der Waals surface area contributed by atoms with Crippen molar-refractivity contribution in [2.24, 2.45) is 0 Å². The van der Waals surface area contributed by atoms with Crippen LogP contribution in [0.25, 0.3) is 0 Å². The summed E-state index contributed by atoms with van der Waals surface area (Å²) in [5, 5.41) is 2.25. The summed E-state index contributed by atoms with van der Waals surface area (Å²) in [7, 11) is 1.97. The smallest absolute Gasteiger partial charge is 0.416 e. The molecule has 0 saturated carbocycles. The lowest BCUT2D eigenvalue weighted by Crippen LogP contribution is -2.50. The SMILES string of the molecule is CN1CCN(C(=O)CNC(=O)c2cccnc2Oc2ccc(C(F)(F)F)cc2Cl)CC1. The summed E-state index contributed by atoms with van der Waals surface area (Å²) >= 11 is 5.91. The lowest BCUT2D eigenvalue weighted by Gasteiger charge is -2.32. The van der Waals surface area contributed by atoms with Crippen LogP contribution in [0.4, 0.5) is 13.2 Å². The zero-order valence-corrected chi connectivity index (χ0v) is 17.3. The van der Waals surface area contributed by atoms with Crippen molar-refractivity contribution in [2.75, 3.05) is 39.8 Å². The van der Waals surface area contributed by atoms with Crippen LogP contribution in [0.5, 0.6) is 11.6 Å². The second-order valence-electron chi connectivity index (χ2n) is 6.97. The van der Waals surface area contributed by atoms with Crippen molar-refractivity contribution >= 4 is 23.4 Å². The lowest BCUT2D eigenvalue weighted by molar-refractivity contribution is -0.137. The van der Waals surface area contributed by atoms with Gasteiger partial charge in [-0.25, -0.2) is 4.98 Å². The number of amides is 2. The first-order chi connectivity index (χ1) is 14.6. The highest BCUT2D eigenvalue weighted by Crippen LogP contribution is 2.36. The number of halogens is 4. The minimum absolute atomic E-state index is 0.0182. The van der Waals surface area contributed by atoms with Crippen LogP contribution >= 0.6 is 11.6 Å². The van der Waals surface area contributed by atoms with Gasteiger partial charge >= 0.3 is 6.18 Å². The summed E-state index contributed by atoms with van der Waals surface area (Å²) in [6, 6.07) is 5.53. The Morgan fingerprint density at radius 3 is 2.55 bits per heavy atom. The molecular formula is C20H20ClF3N4O3. The number of carbonyl (C=O) groups excluding carboxylic acids is 2. The van der Waals surface area contributed by atoms with Gasteiger partial charge in [0.1, 0.15) is 11.3 Å². The van der Waals surface area contributed by atoms with Crippen LogP contribution < -0.4 is 10.1 Å². The molecule has 0 unspecified atom stereocenters. The average Bonchev–Trinajstić information content (AvgIpc) is 2.73. The Morgan fingerprint density at radius 2 is 1.90 bits per heavy atom. The van der Waals surface area contributed by atoms with E-state index >= 15 is 0 Å². The number of pyridine rings is 1. The molecule has 1 aromatic heterocycles. The number of aromatic nitrogens is 1. The van der Waals surface area contributed by atoms with Crippen molar-refractivity contribution in [3.8, 4) is 11.6 Å². The van der Waals surface area contributed by atoms with Crippen LogP contribution in [0.2, 0.25) is 5.02 Å². The number of nitrogens with zero attached hydrogens (tertiary/aromatic N) is 3. The van der Waals surface area contributed by atoms with Gasteiger partial charge in [0, 0.05) is 32.4 Å². The first kappa shape index (κ1) is 22.8. The van der Waals surface area contributed by atoms with Crippen molar-refractivity contribution in [1.29, 1.82) is 0 Å². The monoisotopic (exact) mass is 456 g/mol. The molecule has 11 heteroatoms. The molecule has 1 fully saturated rings. The minimum Gasteiger partial charge on any atom is -0.437 e. The Morgan fingerprint density at radius 1 is 1.19 bits per heavy atom. The fourth-order valence-electron chi connectivity index (χ4n) is 2.93. The van der Waals surface area contributed by atoms with Gasteiger partial charge in [0.05, 0.1) is 17.1 Å². The molecule has 1 N–H and O–H groups in total. The Kier molecular flexibility index (Phi) is 7.01. The fraction of sp³-hybridized carbons (Fsp3) is 0.350. The van der Waals surface area contributed by atoms with Crippen molar-refractivity contribution in [3.63, 3.8) is 0 Å². The maximum absolute atomic E-state index is 12.8. The molecule has 2 aromatic rings. The Hall–Kier alpha value is -2.85. The van der Waals surface area contributed by atoms with Gasteiger partial charge in [0.25, 0.3) is 5.91 Å². The highest BCUT2D eigenvalue weighted by atomic mass is 35.5. The standard InChI is InChI=1S/C20H20ClF3N4O3/c1-27-7-9-28(10-8-27)17(29)12-26-18(30)14-3-2-6-25-19(14)31-16-5-4-13(11-15(16)21)20(22,23)24/h2-6,11H,7-10,12H2,1H3,(H,26,30). The van der Waals surface area contributed by atoms with Crippen molar-refractivity contribution in [1.82, 2.24) is 20.1 Å². The molecule has 0 bridgehead atoms. The van der Waals surface area contributed by atoms with Crippen LogP contribution in [0.1, 0.15) is 15.9 Å². The minimum atomic E-state index is -4.55. The molecule has 1 aromatic carbocycles. The molecule has 0 spiro atoms. The Balaban J connectivity index is 1.67. The quantitative estimate of drug-likeness (QED) is 0.748. The van der Waals surface area contributed by atoms with Crippen LogP contribution in [-0.4, -0.2) is 66.4 Å². The molecule has 1 aliphatic heterocycles. The van der Waals surface area contributed by atoms with Crippen LogP contribution in [0, 0.1) is 0 Å². The van der Waals surface area contributed by atoms with E-state index in [9.17, 15) is 22.8 Å². The van der Waals surface area contributed by atoms with E-state index in [1.54, 1.807) is 4.90 Å². The van der Waals surface area contributed by atoms with Gasteiger partial charge in [-0.05, 0) is 37.4 Å². The summed E-state index contributed by atoms with van der Waals surface area (Å²) in [5.41, 5.74) is -0.907. The van der Waals surface area contributed by atoms with E-state index in [2.05, 4.69) is 15.2 Å². The Labute approximate surface area is 181 Å². The second-order valence-corrected chi connectivity index (χ2v) is 7.38. The number of ether oxygens (including phenoxy) is 1. The highest BCUT2D eigenvalue weighted by Gasteiger charge is 2.31.